The fraction of sp³-hybridized carbons (Fsp3) is 0.152. The van der Waals surface area contributed by atoms with Crippen LogP contribution in [0.1, 0.15) is 39.6 Å². The fourth-order valence-electron chi connectivity index (χ4n) is 7.58. The summed E-state index contributed by atoms with van der Waals surface area (Å²) in [6, 6.07) is 47.2. The molecule has 2 amide bonds. The normalized spacial score (nSPS) is 17.7. The van der Waals surface area contributed by atoms with E-state index in [1.54, 1.807) is 5.38 Å². The van der Waals surface area contributed by atoms with E-state index in [-0.39, 0.29) is 28.7 Å². The molecule has 14 heteroatoms. The van der Waals surface area contributed by atoms with Gasteiger partial charge in [-0.15, -0.1) is 22.9 Å². The molecule has 11 nitrogen and oxygen atoms in total. The number of carbonyl (C=O) groups is 3. The molecule has 2 aliphatic rings. The number of thiazole rings is 1. The maximum absolute atomic E-state index is 14.1. The average Bonchev–Trinajstić information content (AvgIpc) is 3.77. The van der Waals surface area contributed by atoms with Crippen LogP contribution >= 0.6 is 22.9 Å². The van der Waals surface area contributed by atoms with Crippen molar-refractivity contribution >= 4 is 62.7 Å². The molecule has 2 N–H and O–H groups in total. The fourth-order valence-corrected chi connectivity index (χ4v) is 10.3. The van der Waals surface area contributed by atoms with E-state index in [2.05, 4.69) is 15.8 Å². The Hall–Kier alpha value is -6.25. The number of amides is 2. The number of hydrogen-bond donors (Lipinski definition) is 2. The van der Waals surface area contributed by atoms with Gasteiger partial charge < -0.3 is 24.8 Å². The van der Waals surface area contributed by atoms with Gasteiger partial charge >= 0.3 is 5.97 Å². The molecule has 6 aromatic rings. The highest BCUT2D eigenvalue weighted by atomic mass is 35.5. The van der Waals surface area contributed by atoms with Crippen molar-refractivity contribution in [3.05, 3.63) is 202 Å². The zero-order valence-electron chi connectivity index (χ0n) is 32.1. The smallest absolute Gasteiger partial charge is 0.356 e. The van der Waals surface area contributed by atoms with E-state index in [1.165, 1.54) is 18.4 Å². The third-order valence-electron chi connectivity index (χ3n) is 10.3. The number of β-lactam (4-membered cyclic amide) rings is 1. The molecule has 2 aliphatic heterocycles. The molecule has 0 saturated carbocycles. The first-order valence-electron chi connectivity index (χ1n) is 19.0. The molecular formula is C46H38ClN5O6S2. The predicted octanol–water partition coefficient (Wildman–Crippen LogP) is 7.14. The minimum Gasteiger partial charge on any atom is -0.614 e. The first kappa shape index (κ1) is 40.5. The van der Waals surface area contributed by atoms with E-state index in [0.717, 1.165) is 32.7 Å². The third-order valence-corrected chi connectivity index (χ3v) is 13.1. The van der Waals surface area contributed by atoms with E-state index in [1.807, 2.05) is 152 Å². The summed E-state index contributed by atoms with van der Waals surface area (Å²) in [6.07, 6.45) is -0.801. The number of carbonyl (C=O) groups excluding carboxylic acids is 3. The molecule has 2 unspecified atom stereocenters. The van der Waals surface area contributed by atoms with Crippen molar-refractivity contribution in [1.29, 1.82) is 0 Å². The number of oxime groups is 1. The van der Waals surface area contributed by atoms with Gasteiger partial charge in [-0.05, 0) is 39.0 Å². The van der Waals surface area contributed by atoms with Crippen LogP contribution in [0.4, 0.5) is 5.13 Å². The number of alkyl halides is 1. The van der Waals surface area contributed by atoms with Gasteiger partial charge in [0.2, 0.25) is 5.37 Å². The molecular weight excluding hydrogens is 818 g/mol. The largest absolute Gasteiger partial charge is 0.614 e. The Morgan fingerprint density at radius 1 is 0.867 bits per heavy atom. The lowest BCUT2D eigenvalue weighted by molar-refractivity contribution is -0.154. The summed E-state index contributed by atoms with van der Waals surface area (Å²) in [4.78, 5) is 53.1. The lowest BCUT2D eigenvalue weighted by atomic mass is 9.77. The summed E-state index contributed by atoms with van der Waals surface area (Å²) in [7, 11) is 1.30. The summed E-state index contributed by atoms with van der Waals surface area (Å²) in [5, 5.41) is 11.5. The van der Waals surface area contributed by atoms with Gasteiger partial charge in [-0.1, -0.05) is 157 Å². The molecule has 0 radical (unpaired) electrons. The van der Waals surface area contributed by atoms with E-state index in [9.17, 15) is 18.9 Å². The Labute approximate surface area is 358 Å². The van der Waals surface area contributed by atoms with Crippen LogP contribution in [0.15, 0.2) is 173 Å². The van der Waals surface area contributed by atoms with Crippen LogP contribution < -0.4 is 10.6 Å². The van der Waals surface area contributed by atoms with Crippen LogP contribution in [0.5, 0.6) is 0 Å². The number of halogens is 1. The van der Waals surface area contributed by atoms with E-state index in [4.69, 9.17) is 26.2 Å². The zero-order chi connectivity index (χ0) is 41.6. The Morgan fingerprint density at radius 3 is 1.85 bits per heavy atom. The summed E-state index contributed by atoms with van der Waals surface area (Å²) in [5.41, 5.74) is 3.63. The molecule has 8 rings (SSSR count). The maximum Gasteiger partial charge on any atom is 0.356 e. The van der Waals surface area contributed by atoms with Gasteiger partial charge in [-0.25, -0.2) is 9.78 Å². The molecule has 1 fully saturated rings. The second-order valence-corrected chi connectivity index (χ2v) is 16.6. The first-order valence-corrected chi connectivity index (χ1v) is 21.8. The molecule has 302 valence electrons. The predicted molar refractivity (Wildman–Crippen MR) is 233 cm³/mol. The van der Waals surface area contributed by atoms with Crippen molar-refractivity contribution in [3.63, 3.8) is 0 Å². The molecule has 1 aromatic heterocycles. The van der Waals surface area contributed by atoms with Gasteiger partial charge in [0.15, 0.2) is 23.0 Å². The Morgan fingerprint density at radius 2 is 1.37 bits per heavy atom. The lowest BCUT2D eigenvalue weighted by Gasteiger charge is -2.49. The van der Waals surface area contributed by atoms with Crippen molar-refractivity contribution in [1.82, 2.24) is 15.2 Å². The SMILES string of the molecule is CO/N=C(/C(=O)NC1C(=O)N2C(C(=O)OC(c3ccccc3)c3ccccc3)=C(CCl)C[S+]([O-])[C@H]12)c1csc(NC(c2ccccc2)(c2ccccc2)c2ccccc2)n1. The summed E-state index contributed by atoms with van der Waals surface area (Å²) in [6.45, 7) is 0. The molecule has 0 aliphatic carbocycles. The molecule has 1 saturated heterocycles. The molecule has 3 heterocycles. The van der Waals surface area contributed by atoms with Gasteiger partial charge in [0.1, 0.15) is 29.8 Å². The lowest BCUT2D eigenvalue weighted by Crippen LogP contribution is -2.75. The number of nitrogens with one attached hydrogen (secondary N) is 2. The summed E-state index contributed by atoms with van der Waals surface area (Å²) in [5.74, 6) is -2.49. The third kappa shape index (κ3) is 7.80. The van der Waals surface area contributed by atoms with Crippen molar-refractivity contribution in [2.45, 2.75) is 23.1 Å². The Kier molecular flexibility index (Phi) is 12.1. The van der Waals surface area contributed by atoms with Crippen molar-refractivity contribution < 1.29 is 28.5 Å². The maximum atomic E-state index is 14.1. The van der Waals surface area contributed by atoms with Gasteiger partial charge in [0.25, 0.3) is 11.8 Å². The van der Waals surface area contributed by atoms with Crippen LogP contribution in [0.3, 0.4) is 0 Å². The number of benzene rings is 5. The number of aromatic nitrogens is 1. The van der Waals surface area contributed by atoms with Crippen LogP contribution in [-0.4, -0.2) is 68.1 Å². The molecule has 5 aromatic carbocycles. The number of hydrogen-bond acceptors (Lipinski definition) is 10. The van der Waals surface area contributed by atoms with Gasteiger partial charge in [-0.2, -0.15) is 0 Å². The zero-order valence-corrected chi connectivity index (χ0v) is 34.5. The van der Waals surface area contributed by atoms with Crippen molar-refractivity contribution in [2.24, 2.45) is 5.16 Å². The van der Waals surface area contributed by atoms with Gasteiger partial charge in [0.05, 0.1) is 5.88 Å². The van der Waals surface area contributed by atoms with Crippen LogP contribution in [0.25, 0.3) is 0 Å². The van der Waals surface area contributed by atoms with Crippen LogP contribution in [-0.2, 0) is 40.7 Å². The Balaban J connectivity index is 1.05. The highest BCUT2D eigenvalue weighted by molar-refractivity contribution is 7.92. The summed E-state index contributed by atoms with van der Waals surface area (Å²) >= 11 is 5.84. The van der Waals surface area contributed by atoms with Gasteiger partial charge in [0, 0.05) is 11.0 Å². The van der Waals surface area contributed by atoms with Crippen LogP contribution in [0, 0.1) is 0 Å². The number of fused-ring (bicyclic) bond motifs is 1. The number of ether oxygens (including phenoxy) is 1. The number of anilines is 1. The standard InChI is InChI=1S/C46H38ClN5O6S2/c1-57-51-37(36-28-59-45(48-36)50-46(33-21-11-4-12-22-33,34-23-13-5-14-24-34)35-25-15-6-16-26-35)41(53)49-38-42(54)52-39(32(27-47)29-60(56)43(38)52)44(55)58-40(30-17-7-2-8-18-30)31-19-9-3-10-20-31/h2-26,28,38,40,43H,27,29H2,1H3,(H,48,50)(H,49,53)/b51-37+/t38?,43-,60?/m1/s1. The Bertz CT molecular complexity index is 2390. The van der Waals surface area contributed by atoms with E-state index in [0.29, 0.717) is 10.7 Å². The number of nitrogens with zero attached hydrogens (tertiary/aromatic N) is 3. The molecule has 0 bridgehead atoms. The molecule has 0 spiro atoms. The topological polar surface area (TPSA) is 145 Å². The number of rotatable bonds is 14. The van der Waals surface area contributed by atoms with E-state index < -0.39 is 52.0 Å². The second kappa shape index (κ2) is 17.9. The first-order chi connectivity index (χ1) is 29.3. The number of esters is 1. The van der Waals surface area contributed by atoms with Crippen molar-refractivity contribution in [2.75, 3.05) is 24.1 Å². The minimum atomic E-state index is -1.73. The minimum absolute atomic E-state index is 0.0818. The second-order valence-electron chi connectivity index (χ2n) is 13.9. The molecule has 3 atom stereocenters. The van der Waals surface area contributed by atoms with Crippen molar-refractivity contribution in [3.8, 4) is 0 Å². The van der Waals surface area contributed by atoms with E-state index >= 15 is 0 Å². The quantitative estimate of drug-likeness (QED) is 0.0224. The average molecular weight is 856 g/mol. The highest BCUT2D eigenvalue weighted by Gasteiger charge is 2.61. The van der Waals surface area contributed by atoms with Crippen LogP contribution in [0.2, 0.25) is 0 Å². The summed E-state index contributed by atoms with van der Waals surface area (Å²) < 4.78 is 19.8. The van der Waals surface area contributed by atoms with Gasteiger partial charge in [-0.3, -0.25) is 14.5 Å². The monoisotopic (exact) mass is 855 g/mol. The molecule has 60 heavy (non-hydrogen) atoms. The highest BCUT2D eigenvalue weighted by Crippen LogP contribution is 2.42.